The van der Waals surface area contributed by atoms with Crippen LogP contribution in [0.1, 0.15) is 47.6 Å². The van der Waals surface area contributed by atoms with Gasteiger partial charge in [-0.2, -0.15) is 0 Å². The summed E-state index contributed by atoms with van der Waals surface area (Å²) < 4.78 is 6.54. The highest BCUT2D eigenvalue weighted by Gasteiger charge is 2.64. The maximum atomic E-state index is 13.1. The fourth-order valence-electron chi connectivity index (χ4n) is 5.57. The van der Waals surface area contributed by atoms with E-state index in [2.05, 4.69) is 32.0 Å². The number of hydrogen-bond donors (Lipinski definition) is 0. The highest BCUT2D eigenvalue weighted by Crippen LogP contribution is 2.50. The summed E-state index contributed by atoms with van der Waals surface area (Å²) in [6.45, 7) is 5.40. The average Bonchev–Trinajstić information content (AvgIpc) is 3.35. The highest BCUT2D eigenvalue weighted by molar-refractivity contribution is 5.85. The van der Waals surface area contributed by atoms with E-state index in [9.17, 15) is 9.59 Å². The molecule has 0 radical (unpaired) electrons. The average molecular weight is 405 g/mol. The molecule has 5 heteroatoms. The van der Waals surface area contributed by atoms with Gasteiger partial charge in [-0.25, -0.2) is 0 Å². The van der Waals surface area contributed by atoms with Gasteiger partial charge in [-0.3, -0.25) is 9.59 Å². The molecule has 3 aliphatic rings. The van der Waals surface area contributed by atoms with E-state index in [1.165, 1.54) is 16.7 Å². The normalized spacial score (nSPS) is 27.5. The number of benzene rings is 2. The molecule has 2 amide bonds. The minimum absolute atomic E-state index is 0.102. The molecule has 0 N–H and O–H groups in total. The number of likely N-dealkylation sites (tertiary alicyclic amines) is 1. The molecule has 3 aliphatic heterocycles. The van der Waals surface area contributed by atoms with Crippen LogP contribution >= 0.6 is 0 Å². The Kier molecular flexibility index (Phi) is 4.66. The van der Waals surface area contributed by atoms with Crippen LogP contribution < -0.4 is 0 Å². The number of carbonyl (C=O) groups is 2. The molecule has 0 saturated carbocycles. The summed E-state index contributed by atoms with van der Waals surface area (Å²) in [4.78, 5) is 29.7. The van der Waals surface area contributed by atoms with Crippen molar-refractivity contribution in [2.24, 2.45) is 0 Å². The third-order valence-electron chi connectivity index (χ3n) is 6.83. The molecule has 30 heavy (non-hydrogen) atoms. The van der Waals surface area contributed by atoms with Gasteiger partial charge in [0.2, 0.25) is 11.8 Å². The quantitative estimate of drug-likeness (QED) is 0.783. The van der Waals surface area contributed by atoms with Gasteiger partial charge in [0, 0.05) is 19.4 Å². The van der Waals surface area contributed by atoms with Gasteiger partial charge >= 0.3 is 0 Å². The van der Waals surface area contributed by atoms with Gasteiger partial charge < -0.3 is 14.5 Å². The van der Waals surface area contributed by atoms with Crippen molar-refractivity contribution in [3.63, 3.8) is 0 Å². The van der Waals surface area contributed by atoms with Crippen molar-refractivity contribution >= 4 is 11.8 Å². The molecule has 0 unspecified atom stereocenters. The zero-order valence-corrected chi connectivity index (χ0v) is 17.6. The first-order valence-electron chi connectivity index (χ1n) is 10.9. The van der Waals surface area contributed by atoms with Crippen molar-refractivity contribution in [1.29, 1.82) is 0 Å². The lowest BCUT2D eigenvalue weighted by Gasteiger charge is -2.32. The van der Waals surface area contributed by atoms with Gasteiger partial charge in [0.1, 0.15) is 6.10 Å². The van der Waals surface area contributed by atoms with Crippen LogP contribution in [0.25, 0.3) is 0 Å². The lowest BCUT2D eigenvalue weighted by atomic mass is 10.0. The van der Waals surface area contributed by atoms with Crippen LogP contribution in [0, 0.1) is 13.8 Å². The van der Waals surface area contributed by atoms with E-state index in [-0.39, 0.29) is 24.0 Å². The Morgan fingerprint density at radius 3 is 2.60 bits per heavy atom. The number of hydrogen-bond acceptors (Lipinski definition) is 3. The van der Waals surface area contributed by atoms with Gasteiger partial charge in [-0.1, -0.05) is 59.7 Å². The predicted octanol–water partition coefficient (Wildman–Crippen LogP) is 3.54. The topological polar surface area (TPSA) is 49.9 Å². The summed E-state index contributed by atoms with van der Waals surface area (Å²) in [6, 6.07) is 16.3. The van der Waals surface area contributed by atoms with Crippen LogP contribution in [0.5, 0.6) is 0 Å². The highest BCUT2D eigenvalue weighted by atomic mass is 16.5. The lowest BCUT2D eigenvalue weighted by molar-refractivity contribution is -0.142. The number of aryl methyl sites for hydroxylation is 3. The SMILES string of the molecule is Cc1cc(C)cc(CCC(=O)N2CC[C@@]34O[C@@H](c5ccccc5)CN3C(=O)C[C@@H]24)c1. The van der Waals surface area contributed by atoms with E-state index in [0.717, 1.165) is 12.0 Å². The molecular weight excluding hydrogens is 376 g/mol. The van der Waals surface area contributed by atoms with E-state index in [1.54, 1.807) is 0 Å². The van der Waals surface area contributed by atoms with Gasteiger partial charge in [-0.05, 0) is 31.4 Å². The molecule has 5 rings (SSSR count). The molecule has 3 heterocycles. The lowest BCUT2D eigenvalue weighted by Crippen LogP contribution is -2.48. The van der Waals surface area contributed by atoms with Crippen LogP contribution in [0.2, 0.25) is 0 Å². The second-order valence-electron chi connectivity index (χ2n) is 8.92. The fourth-order valence-corrected chi connectivity index (χ4v) is 5.57. The maximum absolute atomic E-state index is 13.1. The Balaban J connectivity index is 1.31. The summed E-state index contributed by atoms with van der Waals surface area (Å²) in [6.07, 6.45) is 2.14. The third kappa shape index (κ3) is 3.12. The summed E-state index contributed by atoms with van der Waals surface area (Å²) in [5.41, 5.74) is 4.09. The van der Waals surface area contributed by atoms with Crippen LogP contribution in [0.3, 0.4) is 0 Å². The second kappa shape index (κ2) is 7.24. The summed E-state index contributed by atoms with van der Waals surface area (Å²) in [5, 5.41) is 0. The number of carbonyl (C=O) groups excluding carboxylic acids is 2. The van der Waals surface area contributed by atoms with E-state index in [0.29, 0.717) is 32.4 Å². The van der Waals surface area contributed by atoms with Gasteiger partial charge in [-0.15, -0.1) is 0 Å². The Hall–Kier alpha value is -2.66. The minimum atomic E-state index is -0.646. The molecule has 2 aromatic carbocycles. The van der Waals surface area contributed by atoms with Gasteiger partial charge in [0.05, 0.1) is 19.0 Å². The molecule has 1 spiro atoms. The number of nitrogens with zero attached hydrogens (tertiary/aromatic N) is 2. The van der Waals surface area contributed by atoms with Crippen LogP contribution in [0.15, 0.2) is 48.5 Å². The predicted molar refractivity (Wildman–Crippen MR) is 114 cm³/mol. The molecule has 3 atom stereocenters. The minimum Gasteiger partial charge on any atom is -0.343 e. The number of amides is 2. The first-order chi connectivity index (χ1) is 14.5. The summed E-state index contributed by atoms with van der Waals surface area (Å²) >= 11 is 0. The van der Waals surface area contributed by atoms with E-state index < -0.39 is 5.72 Å². The zero-order chi connectivity index (χ0) is 20.9. The van der Waals surface area contributed by atoms with Crippen molar-refractivity contribution in [2.45, 2.75) is 57.4 Å². The molecule has 2 aromatic rings. The van der Waals surface area contributed by atoms with Crippen molar-refractivity contribution in [3.8, 4) is 0 Å². The second-order valence-corrected chi connectivity index (χ2v) is 8.92. The summed E-state index contributed by atoms with van der Waals surface area (Å²) in [7, 11) is 0. The zero-order valence-electron chi connectivity index (χ0n) is 17.6. The van der Waals surface area contributed by atoms with E-state index >= 15 is 0 Å². The Bertz CT molecular complexity index is 969. The largest absolute Gasteiger partial charge is 0.343 e. The standard InChI is InChI=1S/C25H28N2O3/c1-17-12-18(2)14-19(13-17)8-9-23(28)26-11-10-25-22(26)15-24(29)27(25)16-21(30-25)20-6-4-3-5-7-20/h3-7,12-14,21-22H,8-11,15-16H2,1-2H3/t21-,22-,25+/m1/s1. The molecule has 3 fully saturated rings. The summed E-state index contributed by atoms with van der Waals surface area (Å²) in [5.74, 6) is 0.225. The molecule has 0 bridgehead atoms. The molecule has 156 valence electrons. The van der Waals surface area contributed by atoms with E-state index in [1.807, 2.05) is 40.1 Å². The monoisotopic (exact) mass is 404 g/mol. The smallest absolute Gasteiger partial charge is 0.227 e. The molecule has 0 aliphatic carbocycles. The molecule has 5 nitrogen and oxygen atoms in total. The Morgan fingerprint density at radius 2 is 1.87 bits per heavy atom. The van der Waals surface area contributed by atoms with Crippen molar-refractivity contribution < 1.29 is 14.3 Å². The first-order valence-corrected chi connectivity index (χ1v) is 10.9. The van der Waals surface area contributed by atoms with Gasteiger partial charge in [0.25, 0.3) is 0 Å². The Labute approximate surface area is 177 Å². The van der Waals surface area contributed by atoms with Crippen LogP contribution in [-0.4, -0.2) is 46.5 Å². The van der Waals surface area contributed by atoms with Crippen molar-refractivity contribution in [2.75, 3.05) is 13.1 Å². The molecular formula is C25H28N2O3. The molecule has 3 saturated heterocycles. The maximum Gasteiger partial charge on any atom is 0.227 e. The van der Waals surface area contributed by atoms with Gasteiger partial charge in [0.15, 0.2) is 5.72 Å². The molecule has 0 aromatic heterocycles. The first kappa shape index (κ1) is 19.3. The van der Waals surface area contributed by atoms with E-state index in [4.69, 9.17) is 4.74 Å². The number of rotatable bonds is 4. The third-order valence-corrected chi connectivity index (χ3v) is 6.83. The van der Waals surface area contributed by atoms with Crippen LogP contribution in [-0.2, 0) is 20.7 Å². The van der Waals surface area contributed by atoms with Crippen LogP contribution in [0.4, 0.5) is 0 Å². The van der Waals surface area contributed by atoms with Crippen molar-refractivity contribution in [1.82, 2.24) is 9.80 Å². The Morgan fingerprint density at radius 1 is 1.13 bits per heavy atom. The fraction of sp³-hybridized carbons (Fsp3) is 0.440. The number of ether oxygens (including phenoxy) is 1. The van der Waals surface area contributed by atoms with Crippen molar-refractivity contribution in [3.05, 3.63) is 70.8 Å².